The Morgan fingerprint density at radius 3 is 2.70 bits per heavy atom. The largest absolute Gasteiger partial charge is 0.361 e. The van der Waals surface area contributed by atoms with Crippen molar-refractivity contribution in [2.24, 2.45) is 0 Å². The van der Waals surface area contributed by atoms with Crippen molar-refractivity contribution in [3.05, 3.63) is 52.4 Å². The highest BCUT2D eigenvalue weighted by Gasteiger charge is 2.31. The van der Waals surface area contributed by atoms with Gasteiger partial charge >= 0.3 is 0 Å². The van der Waals surface area contributed by atoms with E-state index in [1.54, 1.807) is 0 Å². The lowest BCUT2D eigenvalue weighted by atomic mass is 10.1. The molecule has 0 unspecified atom stereocenters. The number of nitrogens with one attached hydrogen (secondary N) is 2. The number of hydrogen-bond donors (Lipinski definition) is 2. The molecule has 1 atom stereocenters. The summed E-state index contributed by atoms with van der Waals surface area (Å²) in [5.41, 5.74) is 3.99. The summed E-state index contributed by atoms with van der Waals surface area (Å²) in [7, 11) is 0. The molecule has 1 fully saturated rings. The van der Waals surface area contributed by atoms with E-state index in [0.717, 1.165) is 23.4 Å². The summed E-state index contributed by atoms with van der Waals surface area (Å²) in [5.74, 6) is 0.441. The van der Waals surface area contributed by atoms with Gasteiger partial charge in [0.05, 0.1) is 18.2 Å². The molecule has 1 saturated heterocycles. The maximum atomic E-state index is 12.4. The van der Waals surface area contributed by atoms with Crippen molar-refractivity contribution in [3.8, 4) is 0 Å². The Bertz CT molecular complexity index is 794. The minimum atomic E-state index is -0.468. The van der Waals surface area contributed by atoms with Gasteiger partial charge in [-0.1, -0.05) is 35.0 Å². The first kappa shape index (κ1) is 19.1. The van der Waals surface area contributed by atoms with Gasteiger partial charge in [-0.15, -0.1) is 0 Å². The topological polar surface area (TPSA) is 87.5 Å². The fourth-order valence-electron chi connectivity index (χ4n) is 3.29. The smallest absolute Gasteiger partial charge is 0.237 e. The lowest BCUT2D eigenvalue weighted by Crippen LogP contribution is -2.56. The molecule has 0 spiro atoms. The average Bonchev–Trinajstić information content (AvgIpc) is 2.96. The normalized spacial score (nSPS) is 17.6. The van der Waals surface area contributed by atoms with Gasteiger partial charge in [0.15, 0.2) is 0 Å². The van der Waals surface area contributed by atoms with Crippen molar-refractivity contribution in [2.75, 3.05) is 13.1 Å². The summed E-state index contributed by atoms with van der Waals surface area (Å²) >= 11 is 0. The molecule has 1 aromatic carbocycles. The molecule has 1 aromatic heterocycles. The van der Waals surface area contributed by atoms with Crippen LogP contribution in [0.2, 0.25) is 0 Å². The van der Waals surface area contributed by atoms with E-state index in [4.69, 9.17) is 4.52 Å². The van der Waals surface area contributed by atoms with Gasteiger partial charge in [0.25, 0.3) is 0 Å². The van der Waals surface area contributed by atoms with Crippen molar-refractivity contribution < 1.29 is 14.1 Å². The highest BCUT2D eigenvalue weighted by Crippen LogP contribution is 2.15. The summed E-state index contributed by atoms with van der Waals surface area (Å²) in [6.45, 7) is 8.03. The van der Waals surface area contributed by atoms with Gasteiger partial charge in [-0.2, -0.15) is 0 Å². The first-order valence-electron chi connectivity index (χ1n) is 9.20. The molecule has 3 rings (SSSR count). The maximum Gasteiger partial charge on any atom is 0.237 e. The molecule has 0 aliphatic carbocycles. The number of rotatable bonds is 6. The predicted molar refractivity (Wildman–Crippen MR) is 101 cm³/mol. The van der Waals surface area contributed by atoms with Gasteiger partial charge in [-0.3, -0.25) is 14.5 Å². The first-order chi connectivity index (χ1) is 12.9. The number of carbonyl (C=O) groups is 2. The van der Waals surface area contributed by atoms with Gasteiger partial charge in [0, 0.05) is 31.7 Å². The minimum Gasteiger partial charge on any atom is -0.361 e. The van der Waals surface area contributed by atoms with Crippen LogP contribution in [0.1, 0.15) is 34.6 Å². The van der Waals surface area contributed by atoms with E-state index in [0.29, 0.717) is 25.4 Å². The fourth-order valence-corrected chi connectivity index (χ4v) is 3.29. The monoisotopic (exact) mass is 370 g/mol. The standard InChI is InChI=1S/C20H26N4O3/c1-13-4-6-16(7-5-13)12-24-9-8-21-20(26)18(24)10-19(25)22-11-17-14(2)23-27-15(17)3/h4-7,18H,8-12H2,1-3H3,(H,21,26)(H,22,25)/t18-/m1/s1. The van der Waals surface area contributed by atoms with Crippen molar-refractivity contribution in [1.29, 1.82) is 0 Å². The predicted octanol–water partition coefficient (Wildman–Crippen LogP) is 1.61. The van der Waals surface area contributed by atoms with Crippen LogP contribution in [0, 0.1) is 20.8 Å². The number of nitrogens with zero attached hydrogens (tertiary/aromatic N) is 2. The average molecular weight is 370 g/mol. The van der Waals surface area contributed by atoms with E-state index in [9.17, 15) is 9.59 Å². The molecule has 0 saturated carbocycles. The fraction of sp³-hybridized carbons (Fsp3) is 0.450. The zero-order chi connectivity index (χ0) is 19.4. The third-order valence-corrected chi connectivity index (χ3v) is 4.97. The molecule has 0 bridgehead atoms. The zero-order valence-electron chi connectivity index (χ0n) is 16.0. The molecule has 2 heterocycles. The second-order valence-electron chi connectivity index (χ2n) is 7.05. The lowest BCUT2D eigenvalue weighted by molar-refractivity contribution is -0.134. The molecule has 144 valence electrons. The van der Waals surface area contributed by atoms with Crippen molar-refractivity contribution in [1.82, 2.24) is 20.7 Å². The van der Waals surface area contributed by atoms with Crippen LogP contribution in [0.15, 0.2) is 28.8 Å². The van der Waals surface area contributed by atoms with Crippen LogP contribution in [-0.2, 0) is 22.7 Å². The summed E-state index contributed by atoms with van der Waals surface area (Å²) in [6, 6.07) is 7.78. The molecule has 0 radical (unpaired) electrons. The second-order valence-corrected chi connectivity index (χ2v) is 7.05. The van der Waals surface area contributed by atoms with Crippen LogP contribution in [-0.4, -0.2) is 41.0 Å². The molecule has 2 N–H and O–H groups in total. The third kappa shape index (κ3) is 4.74. The molecule has 27 heavy (non-hydrogen) atoms. The van der Waals surface area contributed by atoms with Crippen molar-refractivity contribution in [3.63, 3.8) is 0 Å². The van der Waals surface area contributed by atoms with Crippen LogP contribution in [0.25, 0.3) is 0 Å². The Morgan fingerprint density at radius 1 is 1.30 bits per heavy atom. The number of carbonyl (C=O) groups excluding carboxylic acids is 2. The summed E-state index contributed by atoms with van der Waals surface area (Å²) in [5, 5.41) is 9.63. The van der Waals surface area contributed by atoms with E-state index in [1.165, 1.54) is 5.56 Å². The minimum absolute atomic E-state index is 0.0964. The van der Waals surface area contributed by atoms with Gasteiger partial charge in [0.2, 0.25) is 11.8 Å². The SMILES string of the molecule is Cc1ccc(CN2CCNC(=O)[C@H]2CC(=O)NCc2c(C)noc2C)cc1. The highest BCUT2D eigenvalue weighted by atomic mass is 16.5. The van der Waals surface area contributed by atoms with Crippen LogP contribution in [0.4, 0.5) is 0 Å². The zero-order valence-corrected chi connectivity index (χ0v) is 16.0. The van der Waals surface area contributed by atoms with E-state index in [-0.39, 0.29) is 18.2 Å². The van der Waals surface area contributed by atoms with E-state index in [2.05, 4.69) is 45.0 Å². The number of hydrogen-bond acceptors (Lipinski definition) is 5. The Kier molecular flexibility index (Phi) is 5.91. The second kappa shape index (κ2) is 8.35. The highest BCUT2D eigenvalue weighted by molar-refractivity contribution is 5.88. The lowest BCUT2D eigenvalue weighted by Gasteiger charge is -2.34. The number of aryl methyl sites for hydroxylation is 3. The maximum absolute atomic E-state index is 12.4. The summed E-state index contributed by atoms with van der Waals surface area (Å²) < 4.78 is 5.11. The Hall–Kier alpha value is -2.67. The number of amides is 2. The summed E-state index contributed by atoms with van der Waals surface area (Å²) in [4.78, 5) is 26.9. The third-order valence-electron chi connectivity index (χ3n) is 4.97. The first-order valence-corrected chi connectivity index (χ1v) is 9.20. The quantitative estimate of drug-likeness (QED) is 0.807. The Balaban J connectivity index is 1.61. The number of piperazine rings is 1. The molecule has 7 nitrogen and oxygen atoms in total. The van der Waals surface area contributed by atoms with Crippen LogP contribution < -0.4 is 10.6 Å². The molecule has 2 amide bonds. The molecule has 1 aliphatic rings. The van der Waals surface area contributed by atoms with Crippen LogP contribution >= 0.6 is 0 Å². The Labute approximate surface area is 159 Å². The van der Waals surface area contributed by atoms with Gasteiger partial charge in [-0.25, -0.2) is 0 Å². The van der Waals surface area contributed by atoms with Gasteiger partial charge < -0.3 is 15.2 Å². The van der Waals surface area contributed by atoms with Gasteiger partial charge in [-0.05, 0) is 26.3 Å². The summed E-state index contributed by atoms with van der Waals surface area (Å²) in [6.07, 6.45) is 0.126. The molecular formula is C20H26N4O3. The van der Waals surface area contributed by atoms with E-state index >= 15 is 0 Å². The number of aromatic nitrogens is 1. The van der Waals surface area contributed by atoms with Crippen molar-refractivity contribution in [2.45, 2.75) is 46.3 Å². The van der Waals surface area contributed by atoms with Gasteiger partial charge in [0.1, 0.15) is 5.76 Å². The molecular weight excluding hydrogens is 344 g/mol. The van der Waals surface area contributed by atoms with Crippen LogP contribution in [0.5, 0.6) is 0 Å². The molecule has 7 heteroatoms. The van der Waals surface area contributed by atoms with E-state index in [1.807, 2.05) is 20.8 Å². The van der Waals surface area contributed by atoms with Crippen molar-refractivity contribution >= 4 is 11.8 Å². The molecule has 2 aromatic rings. The van der Waals surface area contributed by atoms with Crippen LogP contribution in [0.3, 0.4) is 0 Å². The molecule has 1 aliphatic heterocycles. The Morgan fingerprint density at radius 2 is 2.04 bits per heavy atom. The number of benzene rings is 1. The van der Waals surface area contributed by atoms with E-state index < -0.39 is 6.04 Å².